The maximum absolute atomic E-state index is 13.2. The van der Waals surface area contributed by atoms with Crippen LogP contribution in [0.2, 0.25) is 0 Å². The molecule has 4 heteroatoms. The molecule has 1 unspecified atom stereocenters. The molecule has 1 saturated heterocycles. The summed E-state index contributed by atoms with van der Waals surface area (Å²) in [6, 6.07) is 4.24. The van der Waals surface area contributed by atoms with Crippen molar-refractivity contribution < 1.29 is 13.9 Å². The molecule has 1 aromatic carbocycles. The van der Waals surface area contributed by atoms with Crippen LogP contribution >= 0.6 is 0 Å². The minimum absolute atomic E-state index is 0.0208. The van der Waals surface area contributed by atoms with Gasteiger partial charge in [-0.3, -0.25) is 4.79 Å². The Balaban J connectivity index is 2.32. The first kappa shape index (κ1) is 12.6. The third-order valence-corrected chi connectivity index (χ3v) is 3.00. The van der Waals surface area contributed by atoms with Crippen molar-refractivity contribution in [3.63, 3.8) is 0 Å². The number of carbonyl (C=O) groups is 1. The van der Waals surface area contributed by atoms with E-state index in [2.05, 4.69) is 6.58 Å². The van der Waals surface area contributed by atoms with Crippen molar-refractivity contribution >= 4 is 11.6 Å². The van der Waals surface area contributed by atoms with Gasteiger partial charge in [-0.1, -0.05) is 6.08 Å². The molecule has 0 aliphatic carbocycles. The molecule has 0 aromatic heterocycles. The van der Waals surface area contributed by atoms with Crippen molar-refractivity contribution in [1.82, 2.24) is 0 Å². The van der Waals surface area contributed by atoms with E-state index >= 15 is 0 Å². The molecular weight excluding hydrogens is 233 g/mol. The fraction of sp³-hybridized carbons (Fsp3) is 0.357. The molecule has 18 heavy (non-hydrogen) atoms. The molecule has 0 saturated carbocycles. The standard InChI is InChI=1S/C14H16FNO2/c1-3-10-7-14(17)16(9-10)12-6-5-11(15)8-13(12)18-4-2/h3,5-6,8,10H,1,4,7,9H2,2H3. The first-order valence-corrected chi connectivity index (χ1v) is 6.01. The van der Waals surface area contributed by atoms with E-state index in [1.54, 1.807) is 17.0 Å². The van der Waals surface area contributed by atoms with E-state index in [4.69, 9.17) is 4.74 Å². The first-order valence-electron chi connectivity index (χ1n) is 6.01. The maximum Gasteiger partial charge on any atom is 0.227 e. The van der Waals surface area contributed by atoms with E-state index in [1.165, 1.54) is 12.1 Å². The van der Waals surface area contributed by atoms with E-state index in [9.17, 15) is 9.18 Å². The van der Waals surface area contributed by atoms with E-state index in [-0.39, 0.29) is 17.6 Å². The van der Waals surface area contributed by atoms with Gasteiger partial charge in [0.25, 0.3) is 0 Å². The Hall–Kier alpha value is -1.84. The smallest absolute Gasteiger partial charge is 0.227 e. The number of anilines is 1. The molecule has 1 aromatic rings. The number of nitrogens with zero attached hydrogens (tertiary/aromatic N) is 1. The maximum atomic E-state index is 13.2. The molecule has 1 aliphatic rings. The molecule has 1 fully saturated rings. The molecule has 96 valence electrons. The molecule has 0 bridgehead atoms. The lowest BCUT2D eigenvalue weighted by Gasteiger charge is -2.19. The highest BCUT2D eigenvalue weighted by Gasteiger charge is 2.30. The summed E-state index contributed by atoms with van der Waals surface area (Å²) in [5.74, 6) is 0.217. The largest absolute Gasteiger partial charge is 0.492 e. The van der Waals surface area contributed by atoms with E-state index in [0.29, 0.717) is 31.0 Å². The number of rotatable bonds is 4. The van der Waals surface area contributed by atoms with Crippen LogP contribution in [0.4, 0.5) is 10.1 Å². The van der Waals surface area contributed by atoms with Gasteiger partial charge in [0.15, 0.2) is 0 Å². The number of hydrogen-bond acceptors (Lipinski definition) is 2. The third-order valence-electron chi connectivity index (χ3n) is 3.00. The highest BCUT2D eigenvalue weighted by atomic mass is 19.1. The Bertz CT molecular complexity index is 473. The van der Waals surface area contributed by atoms with Gasteiger partial charge in [-0.15, -0.1) is 6.58 Å². The molecule has 3 nitrogen and oxygen atoms in total. The summed E-state index contributed by atoms with van der Waals surface area (Å²) in [5.41, 5.74) is 0.632. The Morgan fingerprint density at radius 2 is 2.39 bits per heavy atom. The predicted molar refractivity (Wildman–Crippen MR) is 68.2 cm³/mol. The fourth-order valence-electron chi connectivity index (χ4n) is 2.11. The van der Waals surface area contributed by atoms with Gasteiger partial charge in [0.05, 0.1) is 12.3 Å². The average molecular weight is 249 g/mol. The number of carbonyl (C=O) groups excluding carboxylic acids is 1. The van der Waals surface area contributed by atoms with E-state index in [1.807, 2.05) is 6.92 Å². The summed E-state index contributed by atoms with van der Waals surface area (Å²) >= 11 is 0. The van der Waals surface area contributed by atoms with Gasteiger partial charge in [0.2, 0.25) is 5.91 Å². The van der Waals surface area contributed by atoms with Gasteiger partial charge < -0.3 is 9.64 Å². The summed E-state index contributed by atoms with van der Waals surface area (Å²) in [6.45, 7) is 6.55. The Morgan fingerprint density at radius 3 is 3.00 bits per heavy atom. The van der Waals surface area contributed by atoms with Crippen molar-refractivity contribution in [3.8, 4) is 5.75 Å². The van der Waals surface area contributed by atoms with Crippen molar-refractivity contribution in [3.05, 3.63) is 36.7 Å². The Labute approximate surface area is 106 Å². The molecule has 1 heterocycles. The topological polar surface area (TPSA) is 29.5 Å². The highest BCUT2D eigenvalue weighted by molar-refractivity contribution is 5.97. The summed E-state index contributed by atoms with van der Waals surface area (Å²) < 4.78 is 18.6. The monoisotopic (exact) mass is 249 g/mol. The zero-order chi connectivity index (χ0) is 13.1. The molecule has 0 radical (unpaired) electrons. The van der Waals surface area contributed by atoms with Crippen LogP contribution in [-0.4, -0.2) is 19.1 Å². The van der Waals surface area contributed by atoms with Gasteiger partial charge in [-0.05, 0) is 19.1 Å². The highest BCUT2D eigenvalue weighted by Crippen LogP contribution is 2.33. The van der Waals surface area contributed by atoms with Crippen LogP contribution in [-0.2, 0) is 4.79 Å². The SMILES string of the molecule is C=CC1CC(=O)N(c2ccc(F)cc2OCC)C1. The van der Waals surface area contributed by atoms with Crippen molar-refractivity contribution in [1.29, 1.82) is 0 Å². The number of benzene rings is 1. The van der Waals surface area contributed by atoms with Crippen LogP contribution in [0.15, 0.2) is 30.9 Å². The molecule has 0 N–H and O–H groups in total. The van der Waals surface area contributed by atoms with Crippen LogP contribution in [0.25, 0.3) is 0 Å². The molecular formula is C14H16FNO2. The van der Waals surface area contributed by atoms with Crippen LogP contribution in [0.5, 0.6) is 5.75 Å². The van der Waals surface area contributed by atoms with Gasteiger partial charge >= 0.3 is 0 Å². The number of hydrogen-bond donors (Lipinski definition) is 0. The zero-order valence-corrected chi connectivity index (χ0v) is 10.4. The summed E-state index contributed by atoms with van der Waals surface area (Å²) in [4.78, 5) is 13.5. The van der Waals surface area contributed by atoms with Crippen molar-refractivity contribution in [2.24, 2.45) is 5.92 Å². The second-order valence-electron chi connectivity index (χ2n) is 4.25. The summed E-state index contributed by atoms with van der Waals surface area (Å²) in [7, 11) is 0. The van der Waals surface area contributed by atoms with Gasteiger partial charge in [0.1, 0.15) is 11.6 Å². The minimum atomic E-state index is -0.367. The van der Waals surface area contributed by atoms with Gasteiger partial charge in [0, 0.05) is 24.9 Å². The zero-order valence-electron chi connectivity index (χ0n) is 10.4. The summed E-state index contributed by atoms with van der Waals surface area (Å²) in [5, 5.41) is 0. The van der Waals surface area contributed by atoms with Crippen LogP contribution in [0.3, 0.4) is 0 Å². The van der Waals surface area contributed by atoms with Gasteiger partial charge in [-0.2, -0.15) is 0 Å². The normalized spacial score (nSPS) is 19.1. The lowest BCUT2D eigenvalue weighted by Crippen LogP contribution is -2.25. The van der Waals surface area contributed by atoms with Crippen LogP contribution in [0.1, 0.15) is 13.3 Å². The minimum Gasteiger partial charge on any atom is -0.492 e. The number of amides is 1. The van der Waals surface area contributed by atoms with Gasteiger partial charge in [-0.25, -0.2) is 4.39 Å². The molecule has 2 rings (SSSR count). The van der Waals surface area contributed by atoms with E-state index in [0.717, 1.165) is 0 Å². The molecule has 1 atom stereocenters. The molecule has 1 aliphatic heterocycles. The lowest BCUT2D eigenvalue weighted by molar-refractivity contribution is -0.117. The Kier molecular flexibility index (Phi) is 3.65. The van der Waals surface area contributed by atoms with Crippen molar-refractivity contribution in [2.45, 2.75) is 13.3 Å². The lowest BCUT2D eigenvalue weighted by atomic mass is 10.1. The van der Waals surface area contributed by atoms with Crippen LogP contribution < -0.4 is 9.64 Å². The number of halogens is 1. The predicted octanol–water partition coefficient (Wildman–Crippen LogP) is 2.76. The average Bonchev–Trinajstić information content (AvgIpc) is 2.71. The van der Waals surface area contributed by atoms with E-state index < -0.39 is 0 Å². The summed E-state index contributed by atoms with van der Waals surface area (Å²) in [6.07, 6.45) is 2.23. The second kappa shape index (κ2) is 5.21. The fourth-order valence-corrected chi connectivity index (χ4v) is 2.11. The van der Waals surface area contributed by atoms with Crippen LogP contribution in [0, 0.1) is 11.7 Å². The Morgan fingerprint density at radius 1 is 1.61 bits per heavy atom. The number of ether oxygens (including phenoxy) is 1. The quantitative estimate of drug-likeness (QED) is 0.768. The first-order chi connectivity index (χ1) is 8.65. The third kappa shape index (κ3) is 2.37. The molecule has 1 amide bonds. The molecule has 0 spiro atoms. The second-order valence-corrected chi connectivity index (χ2v) is 4.25. The van der Waals surface area contributed by atoms with Crippen molar-refractivity contribution in [2.75, 3.05) is 18.1 Å².